The molecule has 0 bridgehead atoms. The topological polar surface area (TPSA) is 65.2 Å². The number of benzene rings is 2. The smallest absolute Gasteiger partial charge is 0.507 e. The minimum atomic E-state index is -0.0792. The van der Waals surface area contributed by atoms with E-state index in [1.165, 1.54) is 0 Å². The number of hydrogen-bond acceptors (Lipinski definition) is 4. The van der Waals surface area contributed by atoms with Crippen LogP contribution in [0.25, 0.3) is 0 Å². The Labute approximate surface area is 237 Å². The molecule has 2 aromatic rings. The molecule has 0 aliphatic carbocycles. The number of nitrogens with zero attached hydrogens (tertiary/aromatic N) is 2. The normalized spacial score (nSPS) is 11.2. The molecule has 2 rings (SSSR count). The number of aromatic hydroxyl groups is 2. The van der Waals surface area contributed by atoms with Gasteiger partial charge >= 0.3 is 26.2 Å². The predicted molar refractivity (Wildman–Crippen MR) is 149 cm³/mol. The van der Waals surface area contributed by atoms with Crippen LogP contribution in [0.5, 0.6) is 11.5 Å². The van der Waals surface area contributed by atoms with Crippen molar-refractivity contribution in [2.24, 2.45) is 9.98 Å². The van der Waals surface area contributed by atoms with Crippen LogP contribution in [0.4, 0.5) is 0 Å². The molecule has 0 heterocycles. The summed E-state index contributed by atoms with van der Waals surface area (Å²) in [4.78, 5) is 7.85. The summed E-state index contributed by atoms with van der Waals surface area (Å²) in [5, 5.41) is 20.1. The second kappa shape index (κ2) is 15.3. The molecule has 0 aliphatic heterocycles. The minimum absolute atomic E-state index is 0. The summed E-state index contributed by atoms with van der Waals surface area (Å²) in [5.41, 5.74) is 3.18. The van der Waals surface area contributed by atoms with E-state index in [4.69, 9.17) is 0 Å². The van der Waals surface area contributed by atoms with Gasteiger partial charge in [0, 0.05) is 57.7 Å². The zero-order valence-corrected chi connectivity index (χ0v) is 27.1. The molecule has 4 nitrogen and oxygen atoms in total. The molecule has 0 unspecified atom stereocenters. The monoisotopic (exact) mass is 658 g/mol. The van der Waals surface area contributed by atoms with Crippen LogP contribution in [0.15, 0.2) is 43.2 Å². The molecule has 33 heavy (non-hydrogen) atoms. The van der Waals surface area contributed by atoms with E-state index < -0.39 is 0 Å². The molecule has 0 spiro atoms. The van der Waals surface area contributed by atoms with Gasteiger partial charge in [-0.05, 0) is 35.1 Å². The van der Waals surface area contributed by atoms with Crippen molar-refractivity contribution in [3.05, 3.63) is 70.3 Å². The zero-order chi connectivity index (χ0) is 23.3. The van der Waals surface area contributed by atoms with E-state index in [-0.39, 0.29) is 51.9 Å². The summed E-state index contributed by atoms with van der Waals surface area (Å²) in [6.07, 6.45) is 3.32. The van der Waals surface area contributed by atoms with Gasteiger partial charge < -0.3 is 25.1 Å². The second-order valence-electron chi connectivity index (χ2n) is 9.06. The number of phenolic OH excluding ortho intramolecular Hbond substituents is 2. The van der Waals surface area contributed by atoms with Gasteiger partial charge in [-0.1, -0.05) is 73.4 Å². The summed E-state index contributed by atoms with van der Waals surface area (Å²) in [5.74, 6) is 0.632. The first-order valence-electron chi connectivity index (χ1n) is 9.62. The second-order valence-corrected chi connectivity index (χ2v) is 10.9. The van der Waals surface area contributed by atoms with Crippen molar-refractivity contribution in [2.75, 3.05) is 14.1 Å². The van der Waals surface area contributed by atoms with Crippen molar-refractivity contribution in [3.63, 3.8) is 0 Å². The number of hydrogen-bond donors (Lipinski definition) is 2. The molecule has 0 radical (unpaired) electrons. The van der Waals surface area contributed by atoms with Crippen LogP contribution in [0.3, 0.4) is 0 Å². The average Bonchev–Trinajstić information content (AvgIpc) is 2.60. The van der Waals surface area contributed by atoms with Crippen molar-refractivity contribution < 1.29 is 36.4 Å². The van der Waals surface area contributed by atoms with Gasteiger partial charge in [-0.2, -0.15) is 0 Å². The van der Waals surface area contributed by atoms with Crippen molar-refractivity contribution in [3.8, 4) is 11.5 Å². The Hall–Kier alpha value is -0.777. The van der Waals surface area contributed by atoms with Crippen molar-refractivity contribution in [1.29, 1.82) is 0 Å². The SMILES string of the molecule is CN=Cc1cc(Br)cc(C(C)(C)C)c1O.CN=Cc1cc(Br)cc(C(C)(C)C)c1O.[CH3-].[CH3-].[Zr+2]. The predicted octanol–water partition coefficient (Wildman–Crippen LogP) is 7.90. The van der Waals surface area contributed by atoms with Crippen molar-refractivity contribution in [2.45, 2.75) is 52.4 Å². The van der Waals surface area contributed by atoms with Gasteiger partial charge in [0.05, 0.1) is 0 Å². The first-order chi connectivity index (χ1) is 13.7. The molecule has 7 heteroatoms. The fourth-order valence-electron chi connectivity index (χ4n) is 2.86. The molecule has 0 aliphatic rings. The largest absolute Gasteiger partial charge is 2.00 e. The Morgan fingerprint density at radius 3 is 1.15 bits per heavy atom. The molecule has 0 saturated heterocycles. The minimum Gasteiger partial charge on any atom is -0.507 e. The third kappa shape index (κ3) is 11.0. The van der Waals surface area contributed by atoms with Gasteiger partial charge in [0.2, 0.25) is 0 Å². The van der Waals surface area contributed by atoms with Crippen LogP contribution in [0.2, 0.25) is 0 Å². The molecular weight excluding hydrogens is 623 g/mol. The van der Waals surface area contributed by atoms with E-state index in [0.29, 0.717) is 11.5 Å². The van der Waals surface area contributed by atoms with E-state index in [9.17, 15) is 10.2 Å². The number of halogens is 2. The van der Waals surface area contributed by atoms with Crippen LogP contribution in [0, 0.1) is 14.9 Å². The molecule has 0 atom stereocenters. The van der Waals surface area contributed by atoms with Crippen molar-refractivity contribution in [1.82, 2.24) is 0 Å². The standard InChI is InChI=1S/2C12H16BrNO.2CH3.Zr/c2*1-12(2,3)10-6-9(13)5-8(7-14-4)11(10)15;;;/h2*5-7,15H,1-4H3;2*1H3;/q;;2*-1;+2. The van der Waals surface area contributed by atoms with E-state index in [1.54, 1.807) is 26.5 Å². The van der Waals surface area contributed by atoms with Gasteiger partial charge in [0.15, 0.2) is 0 Å². The van der Waals surface area contributed by atoms with Crippen LogP contribution in [-0.2, 0) is 37.0 Å². The first-order valence-corrected chi connectivity index (χ1v) is 11.2. The fourth-order valence-corrected chi connectivity index (χ4v) is 3.81. The Bertz CT molecular complexity index is 867. The molecule has 182 valence electrons. The summed E-state index contributed by atoms with van der Waals surface area (Å²) >= 11 is 6.87. The van der Waals surface area contributed by atoms with Gasteiger partial charge in [-0.15, -0.1) is 0 Å². The molecular formula is C26H38Br2N2O2Zr. The number of rotatable bonds is 2. The quantitative estimate of drug-likeness (QED) is 0.254. The molecule has 2 aromatic carbocycles. The van der Waals surface area contributed by atoms with Crippen LogP contribution < -0.4 is 0 Å². The Kier molecular flexibility index (Phi) is 17.0. The Morgan fingerprint density at radius 2 is 0.939 bits per heavy atom. The van der Waals surface area contributed by atoms with E-state index >= 15 is 0 Å². The van der Waals surface area contributed by atoms with Crippen molar-refractivity contribution >= 4 is 44.3 Å². The fraction of sp³-hybridized carbons (Fsp3) is 0.385. The molecule has 2 N–H and O–H groups in total. The van der Waals surface area contributed by atoms with Crippen LogP contribution >= 0.6 is 31.9 Å². The van der Waals surface area contributed by atoms with E-state index in [0.717, 1.165) is 31.2 Å². The molecule has 0 amide bonds. The maximum Gasteiger partial charge on any atom is 2.00 e. The summed E-state index contributed by atoms with van der Waals surface area (Å²) < 4.78 is 1.92. The number of aliphatic imine (C=N–C) groups is 2. The summed E-state index contributed by atoms with van der Waals surface area (Å²) in [6, 6.07) is 7.61. The van der Waals surface area contributed by atoms with Crippen LogP contribution in [-0.4, -0.2) is 36.7 Å². The summed E-state index contributed by atoms with van der Waals surface area (Å²) in [7, 11) is 3.38. The zero-order valence-electron chi connectivity index (χ0n) is 21.5. The average molecular weight is 662 g/mol. The van der Waals surface area contributed by atoms with E-state index in [1.807, 2.05) is 24.3 Å². The third-order valence-corrected chi connectivity index (χ3v) is 5.28. The van der Waals surface area contributed by atoms with E-state index in [2.05, 4.69) is 83.4 Å². The van der Waals surface area contributed by atoms with Gasteiger partial charge in [-0.3, -0.25) is 9.98 Å². The van der Waals surface area contributed by atoms with Gasteiger partial charge in [0.1, 0.15) is 11.5 Å². The van der Waals surface area contributed by atoms with Gasteiger partial charge in [0.25, 0.3) is 0 Å². The molecule has 0 aromatic heterocycles. The molecule has 0 saturated carbocycles. The number of phenols is 2. The summed E-state index contributed by atoms with van der Waals surface area (Å²) in [6.45, 7) is 12.4. The first kappa shape index (κ1) is 36.8. The third-order valence-electron chi connectivity index (χ3n) is 4.36. The maximum atomic E-state index is 10.1. The maximum absolute atomic E-state index is 10.1. The molecule has 0 fully saturated rings. The Balaban J connectivity index is -0.000000500. The van der Waals surface area contributed by atoms with Gasteiger partial charge in [-0.25, -0.2) is 0 Å². The Morgan fingerprint density at radius 1 is 0.667 bits per heavy atom. The van der Waals surface area contributed by atoms with Crippen LogP contribution in [0.1, 0.15) is 63.8 Å².